The van der Waals surface area contributed by atoms with Gasteiger partial charge in [-0.05, 0) is 17.7 Å². The first kappa shape index (κ1) is 8.55. The van der Waals surface area contributed by atoms with Crippen LogP contribution in [0.2, 0.25) is 0 Å². The van der Waals surface area contributed by atoms with Crippen molar-refractivity contribution < 1.29 is 5.41 Å². The van der Waals surface area contributed by atoms with Crippen molar-refractivity contribution in [3.63, 3.8) is 0 Å². The Balaban J connectivity index is 3.12. The molecule has 0 fully saturated rings. The minimum Gasteiger partial charge on any atom is -0.398 e. The lowest BCUT2D eigenvalue weighted by Crippen LogP contribution is -2.46. The minimum atomic E-state index is 0.232. The first-order chi connectivity index (χ1) is 5.65. The summed E-state index contributed by atoms with van der Waals surface area (Å²) in [7, 11) is 0. The Hall–Kier alpha value is -1.55. The van der Waals surface area contributed by atoms with E-state index in [1.165, 1.54) is 0 Å². The van der Waals surface area contributed by atoms with Crippen molar-refractivity contribution in [3.05, 3.63) is 29.3 Å². The molecule has 8 N–H and O–H groups in total. The maximum absolute atomic E-state index is 5.66. The second-order valence-corrected chi connectivity index (χ2v) is 2.58. The third-order valence-electron chi connectivity index (χ3n) is 1.66. The van der Waals surface area contributed by atoms with E-state index in [4.69, 9.17) is 22.6 Å². The fourth-order valence-corrected chi connectivity index (χ4v) is 1.00. The summed E-state index contributed by atoms with van der Waals surface area (Å²) in [6, 6.07) is 5.40. The van der Waals surface area contributed by atoms with Crippen LogP contribution in [0.4, 0.5) is 5.69 Å². The van der Waals surface area contributed by atoms with Crippen LogP contribution in [0.3, 0.4) is 0 Å². The largest absolute Gasteiger partial charge is 0.398 e. The van der Waals surface area contributed by atoms with Crippen LogP contribution in [0.15, 0.2) is 18.2 Å². The van der Waals surface area contributed by atoms with Gasteiger partial charge in [-0.15, -0.1) is 0 Å². The number of nitrogens with two attached hydrogens (primary N) is 4. The molecular formula is C8H13N4+. The highest BCUT2D eigenvalue weighted by molar-refractivity contribution is 5.97. The van der Waals surface area contributed by atoms with Crippen LogP contribution in [0.1, 0.15) is 11.1 Å². The predicted molar refractivity (Wildman–Crippen MR) is 49.0 cm³/mol. The molecule has 0 aliphatic heterocycles. The summed E-state index contributed by atoms with van der Waals surface area (Å²) < 4.78 is 0. The second kappa shape index (κ2) is 3.23. The molecule has 0 amide bonds. The molecule has 1 aromatic rings. The van der Waals surface area contributed by atoms with Gasteiger partial charge in [-0.2, -0.15) is 0 Å². The van der Waals surface area contributed by atoms with Crippen LogP contribution >= 0.6 is 0 Å². The number of hydrogen-bond acceptors (Lipinski definition) is 2. The lowest BCUT2D eigenvalue weighted by molar-refractivity contribution is -0.114. The average molecular weight is 165 g/mol. The van der Waals surface area contributed by atoms with Crippen LogP contribution in [-0.4, -0.2) is 5.84 Å². The normalized spacial score (nSPS) is 9.75. The van der Waals surface area contributed by atoms with Crippen LogP contribution < -0.4 is 22.6 Å². The molecule has 0 aliphatic carbocycles. The van der Waals surface area contributed by atoms with E-state index < -0.39 is 0 Å². The van der Waals surface area contributed by atoms with E-state index in [0.29, 0.717) is 17.8 Å². The fraction of sp³-hybridized carbons (Fsp3) is 0.125. The molecule has 0 aliphatic rings. The Bertz CT molecular complexity index is 306. The van der Waals surface area contributed by atoms with Gasteiger partial charge in [-0.3, -0.25) is 11.1 Å². The fourth-order valence-electron chi connectivity index (χ4n) is 1.00. The molecule has 1 rings (SSSR count). The molecular weight excluding hydrogens is 152 g/mol. The summed E-state index contributed by atoms with van der Waals surface area (Å²) in [5.41, 5.74) is 18.7. The predicted octanol–water partition coefficient (Wildman–Crippen LogP) is -1.81. The third kappa shape index (κ3) is 1.54. The zero-order valence-corrected chi connectivity index (χ0v) is 6.75. The Morgan fingerprint density at radius 2 is 2.08 bits per heavy atom. The molecule has 0 bridgehead atoms. The topological polar surface area (TPSA) is 104 Å². The molecule has 4 nitrogen and oxygen atoms in total. The van der Waals surface area contributed by atoms with Crippen molar-refractivity contribution in [2.24, 2.45) is 11.5 Å². The van der Waals surface area contributed by atoms with Gasteiger partial charge in [0.05, 0.1) is 5.56 Å². The van der Waals surface area contributed by atoms with Gasteiger partial charge < -0.3 is 11.5 Å². The van der Waals surface area contributed by atoms with Crippen LogP contribution in [0.25, 0.3) is 0 Å². The first-order valence-electron chi connectivity index (χ1n) is 3.62. The lowest BCUT2D eigenvalue weighted by Gasteiger charge is -2.02. The van der Waals surface area contributed by atoms with Crippen molar-refractivity contribution >= 4 is 11.5 Å². The molecule has 64 valence electrons. The first-order valence-corrected chi connectivity index (χ1v) is 3.62. The van der Waals surface area contributed by atoms with Crippen molar-refractivity contribution in [1.82, 2.24) is 0 Å². The Morgan fingerprint density at radius 1 is 1.42 bits per heavy atom. The number of nitrogen functional groups attached to an aromatic ring is 1. The van der Waals surface area contributed by atoms with Gasteiger partial charge in [0, 0.05) is 12.2 Å². The van der Waals surface area contributed by atoms with E-state index >= 15 is 0 Å². The van der Waals surface area contributed by atoms with Gasteiger partial charge in [0.2, 0.25) is 0 Å². The summed E-state index contributed by atoms with van der Waals surface area (Å²) in [5.74, 6) is 0.232. The molecule has 4 heteroatoms. The maximum Gasteiger partial charge on any atom is 0.272 e. The molecule has 12 heavy (non-hydrogen) atoms. The van der Waals surface area contributed by atoms with Crippen molar-refractivity contribution in [3.8, 4) is 0 Å². The summed E-state index contributed by atoms with van der Waals surface area (Å²) in [6.45, 7) is 0.467. The number of hydrogen-bond donors (Lipinski definition) is 4. The van der Waals surface area contributed by atoms with Gasteiger partial charge in [0.1, 0.15) is 0 Å². The summed E-state index contributed by atoms with van der Waals surface area (Å²) in [6.07, 6.45) is 0. The molecule has 0 atom stereocenters. The second-order valence-electron chi connectivity index (χ2n) is 2.58. The average Bonchev–Trinajstić information content (AvgIpc) is 2.03. The number of rotatable bonds is 2. The zero-order chi connectivity index (χ0) is 9.14. The van der Waals surface area contributed by atoms with E-state index in [1.807, 2.05) is 6.07 Å². The van der Waals surface area contributed by atoms with Crippen LogP contribution in [0.5, 0.6) is 0 Å². The van der Waals surface area contributed by atoms with Gasteiger partial charge in [0.15, 0.2) is 0 Å². The molecule has 0 aromatic heterocycles. The molecule has 0 saturated carbocycles. The van der Waals surface area contributed by atoms with E-state index in [9.17, 15) is 0 Å². The van der Waals surface area contributed by atoms with Gasteiger partial charge in [-0.25, -0.2) is 0 Å². The Kier molecular flexibility index (Phi) is 2.30. The Labute approximate surface area is 70.9 Å². The summed E-state index contributed by atoms with van der Waals surface area (Å²) in [5, 5.41) is 5.39. The Morgan fingerprint density at radius 3 is 2.50 bits per heavy atom. The SMILES string of the molecule is NCc1ccc(C(N)=[NH2+])c(N)c1. The van der Waals surface area contributed by atoms with Crippen molar-refractivity contribution in [2.75, 3.05) is 5.73 Å². The molecule has 0 saturated heterocycles. The van der Waals surface area contributed by atoms with Gasteiger partial charge >= 0.3 is 0 Å². The lowest BCUT2D eigenvalue weighted by atomic mass is 10.1. The standard InChI is InChI=1S/C8H12N4/c9-4-5-1-2-6(8(11)12)7(10)3-5/h1-3H,4,9-10H2,(H3,11,12)/p+1. The highest BCUT2D eigenvalue weighted by atomic mass is 14.7. The third-order valence-corrected chi connectivity index (χ3v) is 1.66. The van der Waals surface area contributed by atoms with Gasteiger partial charge in [0.25, 0.3) is 5.84 Å². The quantitative estimate of drug-likeness (QED) is 0.236. The van der Waals surface area contributed by atoms with Crippen LogP contribution in [-0.2, 0) is 6.54 Å². The summed E-state index contributed by atoms with van der Waals surface area (Å²) in [4.78, 5) is 0. The molecule has 0 heterocycles. The number of benzene rings is 1. The minimum absolute atomic E-state index is 0.232. The molecule has 0 spiro atoms. The maximum atomic E-state index is 5.66. The van der Waals surface area contributed by atoms with E-state index in [0.717, 1.165) is 5.56 Å². The highest BCUT2D eigenvalue weighted by Gasteiger charge is 2.05. The van der Waals surface area contributed by atoms with Crippen LogP contribution in [0, 0.1) is 0 Å². The zero-order valence-electron chi connectivity index (χ0n) is 6.75. The number of amidine groups is 1. The van der Waals surface area contributed by atoms with Gasteiger partial charge in [-0.1, -0.05) is 6.07 Å². The smallest absolute Gasteiger partial charge is 0.272 e. The van der Waals surface area contributed by atoms with Crippen molar-refractivity contribution in [2.45, 2.75) is 6.54 Å². The van der Waals surface area contributed by atoms with E-state index in [2.05, 4.69) is 0 Å². The number of anilines is 1. The van der Waals surface area contributed by atoms with Crippen molar-refractivity contribution in [1.29, 1.82) is 0 Å². The summed E-state index contributed by atoms with van der Waals surface area (Å²) >= 11 is 0. The highest BCUT2D eigenvalue weighted by Crippen LogP contribution is 2.12. The van der Waals surface area contributed by atoms with E-state index in [1.54, 1.807) is 12.1 Å². The molecule has 0 radical (unpaired) electrons. The van der Waals surface area contributed by atoms with E-state index in [-0.39, 0.29) is 5.84 Å². The molecule has 0 unspecified atom stereocenters. The monoisotopic (exact) mass is 165 g/mol. The molecule has 1 aromatic carbocycles.